The quantitative estimate of drug-likeness (QED) is 0.790. The van der Waals surface area contributed by atoms with Crippen LogP contribution in [0, 0.1) is 0 Å². The standard InChI is InChI=1S/C15H19N3O3/c1-20-15(19)13-10-12-2-3-18(14(12)16-11-13)5-4-17-6-8-21-9-7-17/h2-3,10-11H,4-9H2,1H3. The summed E-state index contributed by atoms with van der Waals surface area (Å²) in [4.78, 5) is 18.3. The van der Waals surface area contributed by atoms with Gasteiger partial charge in [-0.25, -0.2) is 9.78 Å². The lowest BCUT2D eigenvalue weighted by Gasteiger charge is -2.26. The molecular formula is C15H19N3O3. The molecule has 1 saturated heterocycles. The summed E-state index contributed by atoms with van der Waals surface area (Å²) in [5.41, 5.74) is 1.38. The highest BCUT2D eigenvalue weighted by Gasteiger charge is 2.12. The van der Waals surface area contributed by atoms with Crippen molar-refractivity contribution in [1.29, 1.82) is 0 Å². The second kappa shape index (κ2) is 6.24. The topological polar surface area (TPSA) is 56.6 Å². The fourth-order valence-corrected chi connectivity index (χ4v) is 2.56. The zero-order chi connectivity index (χ0) is 14.7. The second-order valence-corrected chi connectivity index (χ2v) is 5.09. The van der Waals surface area contributed by atoms with E-state index in [0.717, 1.165) is 50.4 Å². The molecule has 1 aliphatic rings. The number of hydrogen-bond acceptors (Lipinski definition) is 5. The Labute approximate surface area is 123 Å². The Morgan fingerprint density at radius 2 is 2.19 bits per heavy atom. The van der Waals surface area contributed by atoms with Crippen LogP contribution in [0.2, 0.25) is 0 Å². The van der Waals surface area contributed by atoms with E-state index in [-0.39, 0.29) is 5.97 Å². The molecule has 0 radical (unpaired) electrons. The minimum Gasteiger partial charge on any atom is -0.465 e. The number of fused-ring (bicyclic) bond motifs is 1. The van der Waals surface area contributed by atoms with Crippen molar-refractivity contribution < 1.29 is 14.3 Å². The van der Waals surface area contributed by atoms with Crippen LogP contribution in [0.25, 0.3) is 11.0 Å². The maximum Gasteiger partial charge on any atom is 0.339 e. The lowest BCUT2D eigenvalue weighted by atomic mass is 10.2. The molecular weight excluding hydrogens is 270 g/mol. The molecule has 0 atom stereocenters. The van der Waals surface area contributed by atoms with E-state index in [1.807, 2.05) is 18.3 Å². The number of methoxy groups -OCH3 is 1. The highest BCUT2D eigenvalue weighted by atomic mass is 16.5. The van der Waals surface area contributed by atoms with E-state index >= 15 is 0 Å². The van der Waals surface area contributed by atoms with Gasteiger partial charge in [0.2, 0.25) is 0 Å². The van der Waals surface area contributed by atoms with Crippen LogP contribution < -0.4 is 0 Å². The van der Waals surface area contributed by atoms with Crippen LogP contribution in [0.5, 0.6) is 0 Å². The summed E-state index contributed by atoms with van der Waals surface area (Å²) in [7, 11) is 1.38. The molecule has 6 heteroatoms. The monoisotopic (exact) mass is 289 g/mol. The first-order chi connectivity index (χ1) is 10.3. The van der Waals surface area contributed by atoms with Crippen molar-refractivity contribution in [2.45, 2.75) is 6.54 Å². The van der Waals surface area contributed by atoms with E-state index in [0.29, 0.717) is 5.56 Å². The van der Waals surface area contributed by atoms with Crippen LogP contribution in [0.3, 0.4) is 0 Å². The fourth-order valence-electron chi connectivity index (χ4n) is 2.56. The molecule has 0 amide bonds. The van der Waals surface area contributed by atoms with Crippen molar-refractivity contribution in [3.63, 3.8) is 0 Å². The molecule has 0 aromatic carbocycles. The molecule has 6 nitrogen and oxygen atoms in total. The van der Waals surface area contributed by atoms with Gasteiger partial charge in [-0.3, -0.25) is 4.90 Å². The summed E-state index contributed by atoms with van der Waals surface area (Å²) < 4.78 is 12.2. The Morgan fingerprint density at radius 1 is 1.38 bits per heavy atom. The third-order valence-electron chi connectivity index (χ3n) is 3.78. The Balaban J connectivity index is 1.72. The minimum absolute atomic E-state index is 0.356. The average molecular weight is 289 g/mol. The normalized spacial score (nSPS) is 16.2. The molecule has 0 aliphatic carbocycles. The van der Waals surface area contributed by atoms with Gasteiger partial charge in [0.25, 0.3) is 0 Å². The maximum absolute atomic E-state index is 11.5. The number of carbonyl (C=O) groups is 1. The van der Waals surface area contributed by atoms with E-state index in [2.05, 4.69) is 14.5 Å². The highest BCUT2D eigenvalue weighted by Crippen LogP contribution is 2.15. The average Bonchev–Trinajstić information content (AvgIpc) is 2.95. The summed E-state index contributed by atoms with van der Waals surface area (Å²) in [5.74, 6) is -0.356. The highest BCUT2D eigenvalue weighted by molar-refractivity contribution is 5.93. The first-order valence-corrected chi connectivity index (χ1v) is 7.11. The SMILES string of the molecule is COC(=O)c1cnc2c(ccn2CCN2CCOCC2)c1. The van der Waals surface area contributed by atoms with Crippen LogP contribution in [0.1, 0.15) is 10.4 Å². The van der Waals surface area contributed by atoms with Crippen molar-refractivity contribution in [2.75, 3.05) is 40.0 Å². The van der Waals surface area contributed by atoms with Crippen molar-refractivity contribution in [2.24, 2.45) is 0 Å². The number of esters is 1. The zero-order valence-corrected chi connectivity index (χ0v) is 12.1. The smallest absolute Gasteiger partial charge is 0.339 e. The third-order valence-corrected chi connectivity index (χ3v) is 3.78. The summed E-state index contributed by atoms with van der Waals surface area (Å²) in [6.07, 6.45) is 3.58. The summed E-state index contributed by atoms with van der Waals surface area (Å²) in [6.45, 7) is 5.46. The Kier molecular flexibility index (Phi) is 4.17. The number of morpholine rings is 1. The van der Waals surface area contributed by atoms with Gasteiger partial charge < -0.3 is 14.0 Å². The summed E-state index contributed by atoms with van der Waals surface area (Å²) in [6, 6.07) is 3.80. The molecule has 0 unspecified atom stereocenters. The van der Waals surface area contributed by atoms with Gasteiger partial charge in [-0.1, -0.05) is 0 Å². The van der Waals surface area contributed by atoms with Crippen molar-refractivity contribution >= 4 is 17.0 Å². The van der Waals surface area contributed by atoms with Gasteiger partial charge in [-0.2, -0.15) is 0 Å². The van der Waals surface area contributed by atoms with Crippen LogP contribution in [0.4, 0.5) is 0 Å². The summed E-state index contributed by atoms with van der Waals surface area (Å²) in [5, 5.41) is 0.958. The molecule has 0 bridgehead atoms. The van der Waals surface area contributed by atoms with Gasteiger partial charge in [0.1, 0.15) is 5.65 Å². The molecule has 0 spiro atoms. The molecule has 2 aromatic rings. The molecule has 1 aliphatic heterocycles. The molecule has 112 valence electrons. The van der Waals surface area contributed by atoms with Crippen molar-refractivity contribution in [3.8, 4) is 0 Å². The maximum atomic E-state index is 11.5. The molecule has 0 N–H and O–H groups in total. The Bertz CT molecular complexity index is 632. The van der Waals surface area contributed by atoms with E-state index in [9.17, 15) is 4.79 Å². The minimum atomic E-state index is -0.356. The van der Waals surface area contributed by atoms with E-state index in [1.165, 1.54) is 7.11 Å². The number of ether oxygens (including phenoxy) is 2. The first kappa shape index (κ1) is 14.0. The molecule has 3 rings (SSSR count). The number of carbonyl (C=O) groups excluding carboxylic acids is 1. The van der Waals surface area contributed by atoms with Gasteiger partial charge in [0.05, 0.1) is 25.9 Å². The van der Waals surface area contributed by atoms with Gasteiger partial charge in [-0.05, 0) is 12.1 Å². The van der Waals surface area contributed by atoms with Crippen LogP contribution >= 0.6 is 0 Å². The molecule has 1 fully saturated rings. The Morgan fingerprint density at radius 3 is 2.95 bits per heavy atom. The number of hydrogen-bond donors (Lipinski definition) is 0. The molecule has 3 heterocycles. The summed E-state index contributed by atoms with van der Waals surface area (Å²) >= 11 is 0. The number of nitrogens with zero attached hydrogens (tertiary/aromatic N) is 3. The fraction of sp³-hybridized carbons (Fsp3) is 0.467. The van der Waals surface area contributed by atoms with Crippen LogP contribution in [-0.2, 0) is 16.0 Å². The first-order valence-electron chi connectivity index (χ1n) is 7.11. The van der Waals surface area contributed by atoms with Crippen molar-refractivity contribution in [3.05, 3.63) is 30.1 Å². The second-order valence-electron chi connectivity index (χ2n) is 5.09. The molecule has 0 saturated carbocycles. The van der Waals surface area contributed by atoms with Gasteiger partial charge in [0, 0.05) is 44.0 Å². The molecule has 2 aromatic heterocycles. The van der Waals surface area contributed by atoms with E-state index in [4.69, 9.17) is 9.47 Å². The molecule has 21 heavy (non-hydrogen) atoms. The van der Waals surface area contributed by atoms with Gasteiger partial charge in [-0.15, -0.1) is 0 Å². The lowest BCUT2D eigenvalue weighted by molar-refractivity contribution is 0.0365. The zero-order valence-electron chi connectivity index (χ0n) is 12.1. The third kappa shape index (κ3) is 3.06. The lowest BCUT2D eigenvalue weighted by Crippen LogP contribution is -2.38. The van der Waals surface area contributed by atoms with Gasteiger partial charge >= 0.3 is 5.97 Å². The number of rotatable bonds is 4. The van der Waals surface area contributed by atoms with E-state index < -0.39 is 0 Å². The Hall–Kier alpha value is -1.92. The number of pyridine rings is 1. The van der Waals surface area contributed by atoms with Crippen LogP contribution in [-0.4, -0.2) is 60.4 Å². The van der Waals surface area contributed by atoms with Crippen LogP contribution in [0.15, 0.2) is 24.5 Å². The largest absolute Gasteiger partial charge is 0.465 e. The van der Waals surface area contributed by atoms with Gasteiger partial charge in [0.15, 0.2) is 0 Å². The number of aromatic nitrogens is 2. The predicted octanol–water partition coefficient (Wildman–Crippen LogP) is 1.16. The predicted molar refractivity (Wildman–Crippen MR) is 78.3 cm³/mol. The van der Waals surface area contributed by atoms with E-state index in [1.54, 1.807) is 6.20 Å². The van der Waals surface area contributed by atoms with Crippen molar-refractivity contribution in [1.82, 2.24) is 14.5 Å².